The fourth-order valence-corrected chi connectivity index (χ4v) is 4.89. The highest BCUT2D eigenvalue weighted by molar-refractivity contribution is 6.01. The minimum absolute atomic E-state index is 0.00274. The van der Waals surface area contributed by atoms with E-state index in [9.17, 15) is 9.59 Å². The van der Waals surface area contributed by atoms with Crippen LogP contribution in [0.15, 0.2) is 79.0 Å². The summed E-state index contributed by atoms with van der Waals surface area (Å²) in [5.41, 5.74) is 7.24. The van der Waals surface area contributed by atoms with Gasteiger partial charge in [-0.15, -0.1) is 0 Å². The fraction of sp³-hybridized carbons (Fsp3) is 0.172. The average Bonchev–Trinajstić information content (AvgIpc) is 3.03. The molecule has 0 saturated carbocycles. The quantitative estimate of drug-likeness (QED) is 0.468. The van der Waals surface area contributed by atoms with Crippen molar-refractivity contribution in [3.8, 4) is 11.3 Å². The van der Waals surface area contributed by atoms with Crippen molar-refractivity contribution in [3.05, 3.63) is 101 Å². The third kappa shape index (κ3) is 3.98. The molecule has 7 heteroatoms. The van der Waals surface area contributed by atoms with Gasteiger partial charge in [0.05, 0.1) is 17.8 Å². The molecule has 0 unspecified atom stereocenters. The van der Waals surface area contributed by atoms with Crippen LogP contribution >= 0.6 is 0 Å². The molecule has 0 fully saturated rings. The maximum atomic E-state index is 13.1. The van der Waals surface area contributed by atoms with Crippen LogP contribution in [0.2, 0.25) is 0 Å². The smallest absolute Gasteiger partial charge is 0.254 e. The molecule has 0 radical (unpaired) electrons. The number of rotatable bonds is 3. The monoisotopic (exact) mass is 475 g/mol. The summed E-state index contributed by atoms with van der Waals surface area (Å²) >= 11 is 0. The van der Waals surface area contributed by atoms with Gasteiger partial charge in [0.25, 0.3) is 5.91 Å². The van der Waals surface area contributed by atoms with E-state index in [1.807, 2.05) is 65.6 Å². The summed E-state index contributed by atoms with van der Waals surface area (Å²) in [6.45, 7) is 1.36. The number of anilines is 3. The molecule has 1 aromatic heterocycles. The summed E-state index contributed by atoms with van der Waals surface area (Å²) in [7, 11) is 1.78. The van der Waals surface area contributed by atoms with Crippen LogP contribution in [0.4, 0.5) is 17.3 Å². The zero-order chi connectivity index (χ0) is 24.6. The van der Waals surface area contributed by atoms with Crippen molar-refractivity contribution in [2.45, 2.75) is 19.4 Å². The van der Waals surface area contributed by atoms with Crippen molar-refractivity contribution in [3.63, 3.8) is 0 Å². The van der Waals surface area contributed by atoms with Crippen LogP contribution in [0.5, 0.6) is 0 Å². The summed E-state index contributed by atoms with van der Waals surface area (Å²) in [4.78, 5) is 38.5. The maximum Gasteiger partial charge on any atom is 0.254 e. The van der Waals surface area contributed by atoms with Crippen molar-refractivity contribution in [2.75, 3.05) is 23.8 Å². The number of nitrogens with zero attached hydrogens (tertiary/aromatic N) is 4. The number of likely N-dealkylation sites (N-methyl/N-ethyl adjacent to an activating group) is 1. The first-order valence-electron chi connectivity index (χ1n) is 12.0. The third-order valence-corrected chi connectivity index (χ3v) is 6.91. The van der Waals surface area contributed by atoms with Crippen molar-refractivity contribution in [1.82, 2.24) is 14.9 Å². The summed E-state index contributed by atoms with van der Waals surface area (Å²) in [6, 6.07) is 23.4. The Morgan fingerprint density at radius 1 is 0.917 bits per heavy atom. The van der Waals surface area contributed by atoms with Gasteiger partial charge in [-0.2, -0.15) is 0 Å². The zero-order valence-corrected chi connectivity index (χ0v) is 19.9. The Labute approximate surface area is 209 Å². The molecule has 0 aliphatic carbocycles. The van der Waals surface area contributed by atoms with Crippen molar-refractivity contribution in [1.29, 1.82) is 0 Å². The van der Waals surface area contributed by atoms with Crippen LogP contribution in [-0.2, 0) is 24.2 Å². The van der Waals surface area contributed by atoms with Crippen LogP contribution in [0.3, 0.4) is 0 Å². The maximum absolute atomic E-state index is 13.1. The lowest BCUT2D eigenvalue weighted by Gasteiger charge is -2.29. The van der Waals surface area contributed by atoms with E-state index in [1.54, 1.807) is 18.1 Å². The van der Waals surface area contributed by atoms with Gasteiger partial charge in [-0.05, 0) is 47.9 Å². The van der Waals surface area contributed by atoms with E-state index < -0.39 is 0 Å². The molecule has 2 aliphatic rings. The third-order valence-electron chi connectivity index (χ3n) is 6.91. The van der Waals surface area contributed by atoms with E-state index in [-0.39, 0.29) is 18.2 Å². The Morgan fingerprint density at radius 2 is 1.67 bits per heavy atom. The Bertz CT molecular complexity index is 1480. The van der Waals surface area contributed by atoms with Crippen LogP contribution in [0.1, 0.15) is 27.0 Å². The van der Waals surface area contributed by atoms with Gasteiger partial charge in [0, 0.05) is 48.7 Å². The molecule has 1 N–H and O–H groups in total. The second kappa shape index (κ2) is 8.92. The first-order chi connectivity index (χ1) is 17.6. The Kier molecular flexibility index (Phi) is 5.45. The molecule has 178 valence electrons. The summed E-state index contributed by atoms with van der Waals surface area (Å²) in [6.07, 6.45) is 2.84. The fourth-order valence-electron chi connectivity index (χ4n) is 4.89. The van der Waals surface area contributed by atoms with E-state index in [2.05, 4.69) is 22.4 Å². The molecule has 0 spiro atoms. The summed E-state index contributed by atoms with van der Waals surface area (Å²) < 4.78 is 0. The van der Waals surface area contributed by atoms with Crippen LogP contribution in [-0.4, -0.2) is 40.3 Å². The Morgan fingerprint density at radius 3 is 2.50 bits per heavy atom. The molecule has 0 bridgehead atoms. The molecule has 7 nitrogen and oxygen atoms in total. The largest absolute Gasteiger partial charge is 0.334 e. The number of amides is 2. The number of carbonyl (C=O) groups excluding carboxylic acids is 2. The molecule has 0 atom stereocenters. The number of benzene rings is 3. The number of hydrogen-bond acceptors (Lipinski definition) is 5. The van der Waals surface area contributed by atoms with Gasteiger partial charge in [0.15, 0.2) is 0 Å². The highest BCUT2D eigenvalue weighted by atomic mass is 16.2. The second-order valence-electron chi connectivity index (χ2n) is 9.16. The van der Waals surface area contributed by atoms with E-state index in [4.69, 9.17) is 4.98 Å². The van der Waals surface area contributed by atoms with Gasteiger partial charge < -0.3 is 15.1 Å². The number of carbonyl (C=O) groups is 2. The molecule has 6 rings (SSSR count). The number of fused-ring (bicyclic) bond motifs is 4. The lowest BCUT2D eigenvalue weighted by molar-refractivity contribution is -0.117. The first-order valence-corrected chi connectivity index (χ1v) is 12.0. The molecular formula is C29H25N5O2. The highest BCUT2D eigenvalue weighted by Crippen LogP contribution is 2.35. The lowest BCUT2D eigenvalue weighted by Crippen LogP contribution is -2.35. The normalized spacial score (nSPS) is 14.4. The van der Waals surface area contributed by atoms with Crippen LogP contribution < -0.4 is 10.2 Å². The lowest BCUT2D eigenvalue weighted by atomic mass is 9.99. The molecule has 0 saturated heterocycles. The molecule has 2 amide bonds. The van der Waals surface area contributed by atoms with Gasteiger partial charge in [0.1, 0.15) is 0 Å². The van der Waals surface area contributed by atoms with Gasteiger partial charge in [0.2, 0.25) is 11.9 Å². The van der Waals surface area contributed by atoms with E-state index in [0.29, 0.717) is 18.1 Å². The van der Waals surface area contributed by atoms with E-state index >= 15 is 0 Å². The van der Waals surface area contributed by atoms with Crippen LogP contribution in [0, 0.1) is 0 Å². The first kappa shape index (κ1) is 22.0. The van der Waals surface area contributed by atoms with Gasteiger partial charge in [-0.25, -0.2) is 9.97 Å². The van der Waals surface area contributed by atoms with Crippen molar-refractivity contribution >= 4 is 29.1 Å². The van der Waals surface area contributed by atoms with Gasteiger partial charge in [-0.1, -0.05) is 42.5 Å². The topological polar surface area (TPSA) is 78.4 Å². The Balaban J connectivity index is 1.21. The minimum Gasteiger partial charge on any atom is -0.334 e. The van der Waals surface area contributed by atoms with E-state index in [0.717, 1.165) is 41.2 Å². The highest BCUT2D eigenvalue weighted by Gasteiger charge is 2.25. The summed E-state index contributed by atoms with van der Waals surface area (Å²) in [5, 5.41) is 3.24. The minimum atomic E-state index is 0.00274. The molecule has 3 aromatic carbocycles. The predicted octanol–water partition coefficient (Wildman–Crippen LogP) is 4.60. The molecule has 36 heavy (non-hydrogen) atoms. The number of nitrogens with one attached hydrogen (secondary N) is 1. The molecule has 4 aromatic rings. The SMILES string of the molecule is CN1C(=O)Cc2cnc(Nc3ccc(C(=O)N4CCc5ccccc5C4)cc3)nc2-c2ccccc21. The molecular weight excluding hydrogens is 450 g/mol. The molecule has 3 heterocycles. The standard InChI is InChI=1S/C29H25N5O2/c1-33-25-9-5-4-8-24(25)27-22(16-26(33)35)17-30-29(32-27)31-23-12-10-20(11-13-23)28(36)34-15-14-19-6-2-3-7-21(19)18-34/h2-13,17H,14-16,18H2,1H3,(H,30,31,32). The number of hydrogen-bond donors (Lipinski definition) is 1. The Hall–Kier alpha value is -4.52. The zero-order valence-electron chi connectivity index (χ0n) is 19.9. The van der Waals surface area contributed by atoms with Crippen molar-refractivity contribution < 1.29 is 9.59 Å². The predicted molar refractivity (Wildman–Crippen MR) is 139 cm³/mol. The number of aromatic nitrogens is 2. The van der Waals surface area contributed by atoms with Crippen LogP contribution in [0.25, 0.3) is 11.3 Å². The van der Waals surface area contributed by atoms with E-state index in [1.165, 1.54) is 11.1 Å². The summed E-state index contributed by atoms with van der Waals surface area (Å²) in [5.74, 6) is 0.470. The van der Waals surface area contributed by atoms with Gasteiger partial charge >= 0.3 is 0 Å². The molecule has 2 aliphatic heterocycles. The number of para-hydroxylation sites is 1. The van der Waals surface area contributed by atoms with Gasteiger partial charge in [-0.3, -0.25) is 9.59 Å². The average molecular weight is 476 g/mol. The van der Waals surface area contributed by atoms with Crippen molar-refractivity contribution in [2.24, 2.45) is 0 Å². The second-order valence-corrected chi connectivity index (χ2v) is 9.16.